The van der Waals surface area contributed by atoms with Crippen LogP contribution in [0.5, 0.6) is 5.75 Å². The number of anilines is 2. The molecule has 242 valence electrons. The van der Waals surface area contributed by atoms with Crippen molar-refractivity contribution >= 4 is 55.2 Å². The lowest BCUT2D eigenvalue weighted by Crippen LogP contribution is -2.32. The van der Waals surface area contributed by atoms with E-state index < -0.39 is 10.1 Å². The van der Waals surface area contributed by atoms with E-state index in [0.29, 0.717) is 41.0 Å². The molecule has 0 radical (unpaired) electrons. The number of rotatable bonds is 10. The summed E-state index contributed by atoms with van der Waals surface area (Å²) in [7, 11) is -3.98. The highest BCUT2D eigenvalue weighted by atomic mass is 79.9. The fourth-order valence-electron chi connectivity index (χ4n) is 5.02. The molecule has 0 unspecified atom stereocenters. The van der Waals surface area contributed by atoms with Crippen molar-refractivity contribution in [3.05, 3.63) is 161 Å². The summed E-state index contributed by atoms with van der Waals surface area (Å²) in [6.45, 7) is 0.365. The van der Waals surface area contributed by atoms with E-state index in [9.17, 15) is 13.2 Å². The SMILES string of the molecule is O=C1/C(=C/c2ccc(OS(=O)(=O)c3ccccc3)cc2)N=C(c2ccccc2)N1c1ccc(-c2nnc(CNc3ccc(Br)cc3)o2)cc1. The second kappa shape index (κ2) is 13.7. The Balaban J connectivity index is 1.10. The van der Waals surface area contributed by atoms with Crippen LogP contribution in [0.4, 0.5) is 11.4 Å². The number of nitrogens with zero attached hydrogens (tertiary/aromatic N) is 4. The topological polar surface area (TPSA) is 127 Å². The summed E-state index contributed by atoms with van der Waals surface area (Å²) in [6.07, 6.45) is 1.65. The van der Waals surface area contributed by atoms with Crippen LogP contribution in [0.15, 0.2) is 158 Å². The van der Waals surface area contributed by atoms with Gasteiger partial charge in [-0.1, -0.05) is 76.6 Å². The van der Waals surface area contributed by atoms with Gasteiger partial charge >= 0.3 is 10.1 Å². The number of hydrogen-bond acceptors (Lipinski definition) is 9. The number of benzene rings is 5. The van der Waals surface area contributed by atoms with Gasteiger partial charge < -0.3 is 13.9 Å². The van der Waals surface area contributed by atoms with Gasteiger partial charge in [0.1, 0.15) is 22.2 Å². The normalized spacial score (nSPS) is 13.8. The van der Waals surface area contributed by atoms with E-state index in [1.54, 1.807) is 53.4 Å². The first-order valence-corrected chi connectivity index (χ1v) is 17.2. The van der Waals surface area contributed by atoms with Crippen LogP contribution >= 0.6 is 15.9 Å². The molecule has 0 bridgehead atoms. The fourth-order valence-corrected chi connectivity index (χ4v) is 6.23. The van der Waals surface area contributed by atoms with Gasteiger partial charge in [-0.15, -0.1) is 10.2 Å². The quantitative estimate of drug-likeness (QED) is 0.112. The molecule has 0 aliphatic carbocycles. The molecule has 1 N–H and O–H groups in total. The van der Waals surface area contributed by atoms with Crippen LogP contribution < -0.4 is 14.4 Å². The van der Waals surface area contributed by atoms with Crippen molar-refractivity contribution in [3.8, 4) is 17.2 Å². The molecule has 5 aromatic carbocycles. The van der Waals surface area contributed by atoms with Gasteiger partial charge in [-0.3, -0.25) is 9.69 Å². The largest absolute Gasteiger partial charge is 0.419 e. The Labute approximate surface area is 290 Å². The van der Waals surface area contributed by atoms with Crippen LogP contribution in [-0.4, -0.2) is 30.4 Å². The van der Waals surface area contributed by atoms with E-state index in [1.165, 1.54) is 24.3 Å². The Morgan fingerprint density at radius 2 is 1.45 bits per heavy atom. The molecule has 1 aliphatic rings. The Morgan fingerprint density at radius 1 is 0.776 bits per heavy atom. The van der Waals surface area contributed by atoms with Gasteiger partial charge in [0.05, 0.1) is 12.2 Å². The monoisotopic (exact) mass is 731 g/mol. The number of amides is 1. The van der Waals surface area contributed by atoms with Gasteiger partial charge in [-0.2, -0.15) is 8.42 Å². The molecule has 1 aliphatic heterocycles. The molecule has 2 heterocycles. The Bertz CT molecular complexity index is 2270. The minimum absolute atomic E-state index is 0.0559. The predicted molar refractivity (Wildman–Crippen MR) is 190 cm³/mol. The molecule has 0 spiro atoms. The van der Waals surface area contributed by atoms with Crippen LogP contribution in [0.2, 0.25) is 0 Å². The molecule has 49 heavy (non-hydrogen) atoms. The van der Waals surface area contributed by atoms with Gasteiger partial charge in [0.15, 0.2) is 0 Å². The van der Waals surface area contributed by atoms with Crippen molar-refractivity contribution in [2.75, 3.05) is 10.2 Å². The van der Waals surface area contributed by atoms with E-state index in [1.807, 2.05) is 66.7 Å². The molecular weight excluding hydrogens is 706 g/mol. The van der Waals surface area contributed by atoms with Crippen molar-refractivity contribution < 1.29 is 21.8 Å². The van der Waals surface area contributed by atoms with Gasteiger partial charge in [0, 0.05) is 21.3 Å². The van der Waals surface area contributed by atoms with Crippen molar-refractivity contribution in [1.82, 2.24) is 10.2 Å². The predicted octanol–water partition coefficient (Wildman–Crippen LogP) is 7.71. The zero-order chi connectivity index (χ0) is 33.8. The Hall–Kier alpha value is -5.85. The molecular formula is C37H26BrN5O5S. The van der Waals surface area contributed by atoms with Crippen LogP contribution in [0.25, 0.3) is 17.5 Å². The number of halogens is 1. The molecule has 6 aromatic rings. The number of aliphatic imine (C=N–C) groups is 1. The molecule has 7 rings (SSSR count). The third kappa shape index (κ3) is 7.20. The fraction of sp³-hybridized carbons (Fsp3) is 0.0270. The van der Waals surface area contributed by atoms with E-state index >= 15 is 0 Å². The standard InChI is InChI=1S/C37H26BrN5O5S/c38-28-15-17-29(18-16-28)39-24-34-41-42-36(47-34)27-13-19-30(20-14-27)43-35(26-7-3-1-4-8-26)40-33(37(43)44)23-25-11-21-31(22-12-25)48-49(45,46)32-9-5-2-6-10-32/h1-23,39H,24H2/b33-23-. The van der Waals surface area contributed by atoms with E-state index in [4.69, 9.17) is 13.6 Å². The summed E-state index contributed by atoms with van der Waals surface area (Å²) in [5, 5.41) is 11.6. The summed E-state index contributed by atoms with van der Waals surface area (Å²) < 4.78 is 37.4. The molecule has 0 fully saturated rings. The van der Waals surface area contributed by atoms with E-state index in [0.717, 1.165) is 15.7 Å². The number of hydrogen-bond donors (Lipinski definition) is 1. The molecule has 12 heteroatoms. The highest BCUT2D eigenvalue weighted by Gasteiger charge is 2.32. The molecule has 0 saturated carbocycles. The minimum Gasteiger partial charge on any atom is -0.419 e. The van der Waals surface area contributed by atoms with Crippen LogP contribution in [0.3, 0.4) is 0 Å². The van der Waals surface area contributed by atoms with E-state index in [-0.39, 0.29) is 22.2 Å². The summed E-state index contributed by atoms with van der Waals surface area (Å²) in [5.74, 6) is 1.08. The van der Waals surface area contributed by atoms with Crippen molar-refractivity contribution in [2.45, 2.75) is 11.4 Å². The molecule has 10 nitrogen and oxygen atoms in total. The molecule has 1 amide bonds. The average Bonchev–Trinajstić information content (AvgIpc) is 3.74. The number of aromatic nitrogens is 2. The zero-order valence-electron chi connectivity index (χ0n) is 25.6. The Kier molecular flexibility index (Phi) is 8.88. The highest BCUT2D eigenvalue weighted by molar-refractivity contribution is 9.10. The van der Waals surface area contributed by atoms with Crippen molar-refractivity contribution in [1.29, 1.82) is 0 Å². The summed E-state index contributed by atoms with van der Waals surface area (Å²) >= 11 is 3.43. The maximum absolute atomic E-state index is 13.9. The lowest BCUT2D eigenvalue weighted by atomic mass is 10.1. The maximum atomic E-state index is 13.9. The van der Waals surface area contributed by atoms with Gasteiger partial charge in [-0.05, 0) is 84.4 Å². The Morgan fingerprint density at radius 3 is 2.14 bits per heavy atom. The molecule has 1 aromatic heterocycles. The third-order valence-corrected chi connectivity index (χ3v) is 9.23. The first-order valence-electron chi connectivity index (χ1n) is 15.0. The smallest absolute Gasteiger partial charge is 0.339 e. The lowest BCUT2D eigenvalue weighted by Gasteiger charge is -2.18. The zero-order valence-corrected chi connectivity index (χ0v) is 28.0. The number of amidine groups is 1. The average molecular weight is 733 g/mol. The third-order valence-electron chi connectivity index (χ3n) is 7.44. The second-order valence-corrected chi connectivity index (χ2v) is 13.3. The highest BCUT2D eigenvalue weighted by Crippen LogP contribution is 2.30. The van der Waals surface area contributed by atoms with Crippen molar-refractivity contribution in [2.24, 2.45) is 4.99 Å². The number of nitrogens with one attached hydrogen (secondary N) is 1. The summed E-state index contributed by atoms with van der Waals surface area (Å²) in [4.78, 5) is 20.2. The minimum atomic E-state index is -3.98. The van der Waals surface area contributed by atoms with Gasteiger partial charge in [-0.25, -0.2) is 4.99 Å². The summed E-state index contributed by atoms with van der Waals surface area (Å²) in [5.41, 5.74) is 3.84. The lowest BCUT2D eigenvalue weighted by molar-refractivity contribution is -0.113. The van der Waals surface area contributed by atoms with E-state index in [2.05, 4.69) is 31.4 Å². The second-order valence-electron chi connectivity index (χ2n) is 10.8. The number of carbonyl (C=O) groups is 1. The summed E-state index contributed by atoms with van der Waals surface area (Å²) in [6, 6.07) is 38.7. The first-order chi connectivity index (χ1) is 23.8. The van der Waals surface area contributed by atoms with Gasteiger partial charge in [0.25, 0.3) is 5.91 Å². The first kappa shape index (κ1) is 31.7. The molecule has 0 saturated heterocycles. The van der Waals surface area contributed by atoms with Crippen LogP contribution in [0.1, 0.15) is 17.0 Å². The number of carbonyl (C=O) groups excluding carboxylic acids is 1. The van der Waals surface area contributed by atoms with Crippen LogP contribution in [-0.2, 0) is 21.5 Å². The maximum Gasteiger partial charge on any atom is 0.339 e. The van der Waals surface area contributed by atoms with Gasteiger partial charge in [0.2, 0.25) is 11.8 Å². The van der Waals surface area contributed by atoms with Crippen molar-refractivity contribution in [3.63, 3.8) is 0 Å². The van der Waals surface area contributed by atoms with Crippen LogP contribution in [0, 0.1) is 0 Å². The molecule has 0 atom stereocenters.